The molecule has 30 heavy (non-hydrogen) atoms. The molecule has 1 aromatic heterocycles. The predicted octanol–water partition coefficient (Wildman–Crippen LogP) is 4.94. The summed E-state index contributed by atoms with van der Waals surface area (Å²) in [6, 6.07) is 14.6. The number of benzene rings is 2. The Morgan fingerprint density at radius 2 is 1.67 bits per heavy atom. The van der Waals surface area contributed by atoms with Crippen molar-refractivity contribution in [3.8, 4) is 11.3 Å². The van der Waals surface area contributed by atoms with Crippen molar-refractivity contribution in [3.63, 3.8) is 0 Å². The lowest BCUT2D eigenvalue weighted by atomic mass is 10.1. The van der Waals surface area contributed by atoms with Crippen LogP contribution in [0.3, 0.4) is 0 Å². The largest absolute Gasteiger partial charge is 0.352 e. The van der Waals surface area contributed by atoms with E-state index in [0.717, 1.165) is 11.4 Å². The van der Waals surface area contributed by atoms with Crippen LogP contribution >= 0.6 is 23.2 Å². The molecule has 1 aliphatic rings. The van der Waals surface area contributed by atoms with Gasteiger partial charge < -0.3 is 15.1 Å². The monoisotopic (exact) mass is 445 g/mol. The molecule has 9 heteroatoms. The fourth-order valence-corrected chi connectivity index (χ4v) is 3.53. The Balaban J connectivity index is 1.35. The van der Waals surface area contributed by atoms with Crippen molar-refractivity contribution in [2.75, 3.05) is 36.4 Å². The first-order valence-corrected chi connectivity index (χ1v) is 10.1. The molecule has 4 rings (SSSR count). The van der Waals surface area contributed by atoms with Gasteiger partial charge in [0, 0.05) is 36.8 Å². The topological polar surface area (TPSA) is 61.4 Å². The number of urea groups is 1. The molecule has 6 nitrogen and oxygen atoms in total. The molecule has 0 aliphatic carbocycles. The van der Waals surface area contributed by atoms with Crippen LogP contribution in [0, 0.1) is 5.82 Å². The lowest BCUT2D eigenvalue weighted by Gasteiger charge is -2.35. The summed E-state index contributed by atoms with van der Waals surface area (Å²) >= 11 is 12.1. The van der Waals surface area contributed by atoms with Crippen LogP contribution in [0.4, 0.5) is 20.7 Å². The summed E-state index contributed by atoms with van der Waals surface area (Å²) in [5, 5.41) is 12.3. The molecule has 2 amide bonds. The number of hydrogen-bond acceptors (Lipinski definition) is 4. The quantitative estimate of drug-likeness (QED) is 0.619. The second-order valence-electron chi connectivity index (χ2n) is 6.81. The van der Waals surface area contributed by atoms with E-state index in [1.165, 1.54) is 12.1 Å². The molecule has 2 aromatic carbocycles. The van der Waals surface area contributed by atoms with Gasteiger partial charge in [0.2, 0.25) is 0 Å². The van der Waals surface area contributed by atoms with Gasteiger partial charge in [0.05, 0.1) is 16.4 Å². The molecule has 0 unspecified atom stereocenters. The number of aromatic nitrogens is 2. The molecule has 3 aromatic rings. The second kappa shape index (κ2) is 8.85. The number of nitrogens with one attached hydrogen (secondary N) is 1. The minimum atomic E-state index is -0.289. The molecule has 0 atom stereocenters. The number of anilines is 2. The van der Waals surface area contributed by atoms with Crippen LogP contribution in [0.15, 0.2) is 54.6 Å². The van der Waals surface area contributed by atoms with Crippen LogP contribution < -0.4 is 10.2 Å². The van der Waals surface area contributed by atoms with Crippen LogP contribution in [0.25, 0.3) is 11.3 Å². The molecular formula is C21H18Cl2FN5O. The lowest BCUT2D eigenvalue weighted by molar-refractivity contribution is 0.208. The molecule has 0 spiro atoms. The first-order valence-electron chi connectivity index (χ1n) is 9.35. The van der Waals surface area contributed by atoms with Crippen LogP contribution in [-0.4, -0.2) is 47.3 Å². The Morgan fingerprint density at radius 3 is 2.33 bits per heavy atom. The zero-order valence-corrected chi connectivity index (χ0v) is 17.4. The van der Waals surface area contributed by atoms with Gasteiger partial charge in [0.25, 0.3) is 0 Å². The molecule has 1 aliphatic heterocycles. The number of carbonyl (C=O) groups excluding carboxylic acids is 1. The third kappa shape index (κ3) is 4.63. The number of amides is 2. The van der Waals surface area contributed by atoms with Gasteiger partial charge in [-0.3, -0.25) is 0 Å². The van der Waals surface area contributed by atoms with Crippen molar-refractivity contribution in [1.82, 2.24) is 15.1 Å². The summed E-state index contributed by atoms with van der Waals surface area (Å²) in [4.78, 5) is 16.3. The van der Waals surface area contributed by atoms with Crippen LogP contribution in [0.2, 0.25) is 10.0 Å². The van der Waals surface area contributed by atoms with Gasteiger partial charge in [-0.2, -0.15) is 0 Å². The summed E-state index contributed by atoms with van der Waals surface area (Å²) < 4.78 is 13.1. The maximum atomic E-state index is 13.1. The highest BCUT2D eigenvalue weighted by Crippen LogP contribution is 2.26. The van der Waals surface area contributed by atoms with E-state index < -0.39 is 0 Å². The Morgan fingerprint density at radius 1 is 0.933 bits per heavy atom. The van der Waals surface area contributed by atoms with Gasteiger partial charge >= 0.3 is 6.03 Å². The van der Waals surface area contributed by atoms with Gasteiger partial charge in [-0.25, -0.2) is 9.18 Å². The Hall–Kier alpha value is -2.90. The number of rotatable bonds is 3. The van der Waals surface area contributed by atoms with E-state index in [1.807, 2.05) is 12.1 Å². The number of halogens is 3. The lowest BCUT2D eigenvalue weighted by Crippen LogP contribution is -2.50. The molecule has 0 bridgehead atoms. The summed E-state index contributed by atoms with van der Waals surface area (Å²) in [6.45, 7) is 2.32. The van der Waals surface area contributed by atoms with E-state index >= 15 is 0 Å². The van der Waals surface area contributed by atoms with E-state index in [-0.39, 0.29) is 11.8 Å². The molecule has 0 saturated carbocycles. The maximum absolute atomic E-state index is 13.1. The van der Waals surface area contributed by atoms with E-state index in [4.69, 9.17) is 23.2 Å². The van der Waals surface area contributed by atoms with Crippen molar-refractivity contribution >= 4 is 40.7 Å². The number of nitrogens with zero attached hydrogens (tertiary/aromatic N) is 4. The normalized spacial score (nSPS) is 14.0. The van der Waals surface area contributed by atoms with E-state index in [2.05, 4.69) is 20.4 Å². The zero-order valence-electron chi connectivity index (χ0n) is 15.9. The molecule has 154 valence electrons. The molecule has 1 fully saturated rings. The van der Waals surface area contributed by atoms with Gasteiger partial charge in [0.15, 0.2) is 5.82 Å². The van der Waals surface area contributed by atoms with Crippen molar-refractivity contribution in [1.29, 1.82) is 0 Å². The number of carbonyl (C=O) groups is 1. The Labute approximate surface area is 183 Å². The van der Waals surface area contributed by atoms with Crippen LogP contribution in [0.1, 0.15) is 0 Å². The highest BCUT2D eigenvalue weighted by Gasteiger charge is 2.22. The number of hydrogen-bond donors (Lipinski definition) is 1. The summed E-state index contributed by atoms with van der Waals surface area (Å²) in [6.07, 6.45) is 0. The van der Waals surface area contributed by atoms with E-state index in [0.29, 0.717) is 47.6 Å². The average molecular weight is 446 g/mol. The third-order valence-corrected chi connectivity index (χ3v) is 5.42. The molecular weight excluding hydrogens is 428 g/mol. The van der Waals surface area contributed by atoms with Gasteiger partial charge in [-0.05, 0) is 54.6 Å². The molecule has 2 heterocycles. The highest BCUT2D eigenvalue weighted by molar-refractivity contribution is 6.35. The molecule has 0 radical (unpaired) electrons. The minimum absolute atomic E-state index is 0.225. The summed E-state index contributed by atoms with van der Waals surface area (Å²) in [7, 11) is 0. The second-order valence-corrected chi connectivity index (χ2v) is 7.66. The van der Waals surface area contributed by atoms with Gasteiger partial charge in [-0.15, -0.1) is 10.2 Å². The SMILES string of the molecule is O=C(Nc1cc(Cl)ccc1Cl)N1CCN(c2ccc(-c3ccc(F)cc3)nn2)CC1. The first kappa shape index (κ1) is 20.4. The van der Waals surface area contributed by atoms with Crippen molar-refractivity contribution in [3.05, 3.63) is 70.5 Å². The molecule has 1 saturated heterocycles. The summed E-state index contributed by atoms with van der Waals surface area (Å²) in [5.74, 6) is 0.446. The fraction of sp³-hybridized carbons (Fsp3) is 0.190. The van der Waals surface area contributed by atoms with Crippen LogP contribution in [-0.2, 0) is 0 Å². The van der Waals surface area contributed by atoms with Crippen molar-refractivity contribution in [2.45, 2.75) is 0 Å². The van der Waals surface area contributed by atoms with E-state index in [9.17, 15) is 9.18 Å². The minimum Gasteiger partial charge on any atom is -0.352 e. The number of piperazine rings is 1. The standard InChI is InChI=1S/C21H18Cl2FN5O/c22-15-3-6-17(23)19(13-15)25-21(30)29-11-9-28(10-12-29)20-8-7-18(26-27-20)14-1-4-16(24)5-2-14/h1-8,13H,9-12H2,(H,25,30). The third-order valence-electron chi connectivity index (χ3n) is 4.85. The Bertz CT molecular complexity index is 1040. The average Bonchev–Trinajstić information content (AvgIpc) is 2.77. The predicted molar refractivity (Wildman–Crippen MR) is 117 cm³/mol. The van der Waals surface area contributed by atoms with E-state index in [1.54, 1.807) is 35.2 Å². The summed E-state index contributed by atoms with van der Waals surface area (Å²) in [5.41, 5.74) is 1.96. The van der Waals surface area contributed by atoms with Crippen molar-refractivity contribution in [2.24, 2.45) is 0 Å². The van der Waals surface area contributed by atoms with Crippen LogP contribution in [0.5, 0.6) is 0 Å². The fourth-order valence-electron chi connectivity index (χ4n) is 3.19. The zero-order chi connectivity index (χ0) is 21.1. The van der Waals surface area contributed by atoms with Gasteiger partial charge in [0.1, 0.15) is 5.82 Å². The first-order chi connectivity index (χ1) is 14.5. The van der Waals surface area contributed by atoms with Gasteiger partial charge in [-0.1, -0.05) is 23.2 Å². The molecule has 1 N–H and O–H groups in total. The Kier molecular flexibility index (Phi) is 6.01. The van der Waals surface area contributed by atoms with Crippen molar-refractivity contribution < 1.29 is 9.18 Å². The highest BCUT2D eigenvalue weighted by atomic mass is 35.5. The maximum Gasteiger partial charge on any atom is 0.322 e. The smallest absolute Gasteiger partial charge is 0.322 e.